The molecule has 2 rings (SSSR count). The van der Waals surface area contributed by atoms with E-state index in [0.717, 1.165) is 18.6 Å². The smallest absolute Gasteiger partial charge is 0.387 e. The quantitative estimate of drug-likeness (QED) is 0.857. The van der Waals surface area contributed by atoms with E-state index in [9.17, 15) is 21.6 Å². The highest BCUT2D eigenvalue weighted by molar-refractivity contribution is 7.89. The lowest BCUT2D eigenvalue weighted by Crippen LogP contribution is -2.41. The number of hydrogen-bond acceptors (Lipinski definition) is 4. The molecule has 1 aromatic carbocycles. The van der Waals surface area contributed by atoms with Crippen molar-refractivity contribution in [2.24, 2.45) is 11.7 Å². The van der Waals surface area contributed by atoms with Crippen molar-refractivity contribution in [1.82, 2.24) is 4.31 Å². The third-order valence-electron chi connectivity index (χ3n) is 3.57. The Kier molecular flexibility index (Phi) is 7.12. The first-order chi connectivity index (χ1) is 10.3. The minimum absolute atomic E-state index is 0. The molecular formula is C13H18ClF3N2O3S. The normalized spacial score (nSPS) is 19.4. The molecule has 2 N–H and O–H groups in total. The van der Waals surface area contributed by atoms with Crippen LogP contribution in [0.3, 0.4) is 0 Å². The van der Waals surface area contributed by atoms with Crippen LogP contribution < -0.4 is 10.5 Å². The second-order valence-electron chi connectivity index (χ2n) is 5.08. The van der Waals surface area contributed by atoms with E-state index in [1.807, 2.05) is 0 Å². The van der Waals surface area contributed by atoms with Crippen molar-refractivity contribution in [3.63, 3.8) is 0 Å². The van der Waals surface area contributed by atoms with Crippen molar-refractivity contribution < 1.29 is 26.3 Å². The number of ether oxygens (including phenoxy) is 1. The maximum Gasteiger partial charge on any atom is 0.387 e. The Morgan fingerprint density at radius 3 is 2.65 bits per heavy atom. The number of nitrogens with two attached hydrogens (primary N) is 1. The second-order valence-corrected chi connectivity index (χ2v) is 7.02. The van der Waals surface area contributed by atoms with Crippen LogP contribution >= 0.6 is 12.4 Å². The molecule has 0 bridgehead atoms. The summed E-state index contributed by atoms with van der Waals surface area (Å²) in [6.07, 6.45) is 1.52. The van der Waals surface area contributed by atoms with Gasteiger partial charge >= 0.3 is 6.61 Å². The van der Waals surface area contributed by atoms with E-state index < -0.39 is 28.2 Å². The first-order valence-electron chi connectivity index (χ1n) is 6.79. The molecule has 1 atom stereocenters. The van der Waals surface area contributed by atoms with Gasteiger partial charge in [-0.3, -0.25) is 0 Å². The van der Waals surface area contributed by atoms with Crippen LogP contribution in [0.1, 0.15) is 12.8 Å². The van der Waals surface area contributed by atoms with Crippen LogP contribution in [-0.2, 0) is 10.0 Å². The van der Waals surface area contributed by atoms with Crippen LogP contribution in [0.25, 0.3) is 0 Å². The fourth-order valence-corrected chi connectivity index (χ4v) is 3.99. The van der Waals surface area contributed by atoms with E-state index in [1.54, 1.807) is 0 Å². The van der Waals surface area contributed by atoms with Gasteiger partial charge in [-0.25, -0.2) is 12.8 Å². The Balaban J connectivity index is 0.00000264. The first kappa shape index (κ1) is 20.0. The van der Waals surface area contributed by atoms with Gasteiger partial charge in [-0.2, -0.15) is 13.1 Å². The van der Waals surface area contributed by atoms with Gasteiger partial charge in [-0.05, 0) is 43.5 Å². The van der Waals surface area contributed by atoms with Gasteiger partial charge in [-0.15, -0.1) is 12.4 Å². The van der Waals surface area contributed by atoms with Crippen LogP contribution in [0.2, 0.25) is 0 Å². The van der Waals surface area contributed by atoms with Gasteiger partial charge in [0.1, 0.15) is 0 Å². The number of hydrogen-bond donors (Lipinski definition) is 1. The summed E-state index contributed by atoms with van der Waals surface area (Å²) in [6.45, 7) is -2.20. The Bertz CT molecular complexity index is 631. The predicted molar refractivity (Wildman–Crippen MR) is 80.8 cm³/mol. The number of piperidine rings is 1. The highest BCUT2D eigenvalue weighted by Gasteiger charge is 2.30. The van der Waals surface area contributed by atoms with Crippen LogP contribution in [0.5, 0.6) is 5.75 Å². The zero-order valence-corrected chi connectivity index (χ0v) is 13.8. The van der Waals surface area contributed by atoms with E-state index in [2.05, 4.69) is 4.74 Å². The molecule has 0 amide bonds. The number of halogens is 4. The van der Waals surface area contributed by atoms with Crippen molar-refractivity contribution in [1.29, 1.82) is 0 Å². The highest BCUT2D eigenvalue weighted by Crippen LogP contribution is 2.27. The van der Waals surface area contributed by atoms with Crippen molar-refractivity contribution in [3.8, 4) is 5.75 Å². The molecule has 1 unspecified atom stereocenters. The molecule has 1 saturated heterocycles. The lowest BCUT2D eigenvalue weighted by Gasteiger charge is -2.31. The molecule has 10 heteroatoms. The third-order valence-corrected chi connectivity index (χ3v) is 5.43. The van der Waals surface area contributed by atoms with E-state index >= 15 is 0 Å². The number of benzene rings is 1. The van der Waals surface area contributed by atoms with Gasteiger partial charge in [0.05, 0.1) is 4.90 Å². The van der Waals surface area contributed by atoms with Crippen molar-refractivity contribution in [2.45, 2.75) is 24.3 Å². The largest absolute Gasteiger partial charge is 0.432 e. The monoisotopic (exact) mass is 374 g/mol. The van der Waals surface area contributed by atoms with Crippen molar-refractivity contribution in [3.05, 3.63) is 24.0 Å². The Morgan fingerprint density at radius 1 is 1.39 bits per heavy atom. The number of nitrogens with zero attached hydrogens (tertiary/aromatic N) is 1. The van der Waals surface area contributed by atoms with Crippen molar-refractivity contribution >= 4 is 22.4 Å². The fraction of sp³-hybridized carbons (Fsp3) is 0.538. The van der Waals surface area contributed by atoms with Gasteiger partial charge < -0.3 is 10.5 Å². The molecule has 1 aromatic rings. The van der Waals surface area contributed by atoms with Crippen LogP contribution in [0, 0.1) is 11.7 Å². The Labute approximate surface area is 139 Å². The standard InChI is InChI=1S/C13H17F3N2O3S.ClH/c14-11-6-10(3-4-12(11)21-13(15)16)22(19,20)18-5-1-2-9(7-17)8-18;/h3-4,6,9,13H,1-2,5,7-8,17H2;1H. The SMILES string of the molecule is Cl.NCC1CCCN(S(=O)(=O)c2ccc(OC(F)F)c(F)c2)C1. The van der Waals surface area contributed by atoms with E-state index in [1.165, 1.54) is 4.31 Å². The fourth-order valence-electron chi connectivity index (χ4n) is 2.42. The second kappa shape index (κ2) is 8.18. The molecule has 1 aliphatic rings. The summed E-state index contributed by atoms with van der Waals surface area (Å²) in [7, 11) is -3.88. The third kappa shape index (κ3) is 4.72. The van der Waals surface area contributed by atoms with E-state index in [-0.39, 0.29) is 29.8 Å². The molecular weight excluding hydrogens is 357 g/mol. The highest BCUT2D eigenvalue weighted by atomic mass is 35.5. The van der Waals surface area contributed by atoms with Gasteiger partial charge in [0.15, 0.2) is 11.6 Å². The topological polar surface area (TPSA) is 72.6 Å². The molecule has 23 heavy (non-hydrogen) atoms. The van der Waals surface area contributed by atoms with Crippen LogP contribution in [0.15, 0.2) is 23.1 Å². The average molecular weight is 375 g/mol. The summed E-state index contributed by atoms with van der Waals surface area (Å²) < 4.78 is 68.0. The predicted octanol–water partition coefficient (Wildman–Crippen LogP) is 2.21. The molecule has 0 spiro atoms. The summed E-state index contributed by atoms with van der Waals surface area (Å²) in [6, 6.07) is 2.64. The summed E-state index contributed by atoms with van der Waals surface area (Å²) in [4.78, 5) is -0.288. The molecule has 132 valence electrons. The van der Waals surface area contributed by atoms with Crippen LogP contribution in [-0.4, -0.2) is 39.0 Å². The minimum atomic E-state index is -3.88. The van der Waals surface area contributed by atoms with Gasteiger partial charge in [0, 0.05) is 13.1 Å². The number of sulfonamides is 1. The maximum absolute atomic E-state index is 13.7. The molecule has 0 aliphatic carbocycles. The summed E-state index contributed by atoms with van der Waals surface area (Å²) >= 11 is 0. The molecule has 0 aromatic heterocycles. The molecule has 0 radical (unpaired) electrons. The average Bonchev–Trinajstić information content (AvgIpc) is 2.49. The van der Waals surface area contributed by atoms with Gasteiger partial charge in [0.25, 0.3) is 0 Å². The zero-order chi connectivity index (χ0) is 16.3. The van der Waals surface area contributed by atoms with Gasteiger partial charge in [-0.1, -0.05) is 0 Å². The molecule has 1 aliphatic heterocycles. The summed E-state index contributed by atoms with van der Waals surface area (Å²) in [5.41, 5.74) is 5.57. The molecule has 5 nitrogen and oxygen atoms in total. The zero-order valence-electron chi connectivity index (χ0n) is 12.1. The van der Waals surface area contributed by atoms with Gasteiger partial charge in [0.2, 0.25) is 10.0 Å². The lowest BCUT2D eigenvalue weighted by atomic mass is 10.0. The molecule has 0 saturated carbocycles. The molecule has 1 fully saturated rings. The van der Waals surface area contributed by atoms with E-state index in [4.69, 9.17) is 5.73 Å². The summed E-state index contributed by atoms with van der Waals surface area (Å²) in [5, 5.41) is 0. The van der Waals surface area contributed by atoms with Crippen LogP contribution in [0.4, 0.5) is 13.2 Å². The lowest BCUT2D eigenvalue weighted by molar-refractivity contribution is -0.0522. The van der Waals surface area contributed by atoms with Crippen molar-refractivity contribution in [2.75, 3.05) is 19.6 Å². The van der Waals surface area contributed by atoms with E-state index in [0.29, 0.717) is 25.6 Å². The maximum atomic E-state index is 13.7. The Hall–Kier alpha value is -1.03. The number of alkyl halides is 2. The number of rotatable bonds is 5. The first-order valence-corrected chi connectivity index (χ1v) is 8.23. The Morgan fingerprint density at radius 2 is 2.09 bits per heavy atom. The molecule has 1 heterocycles. The summed E-state index contributed by atoms with van der Waals surface area (Å²) in [5.74, 6) is -1.77. The minimum Gasteiger partial charge on any atom is -0.432 e.